The first-order chi connectivity index (χ1) is 7.58. The molecular formula is C13H14BrNS. The lowest BCUT2D eigenvalue weighted by Crippen LogP contribution is -2.01. The molecule has 1 atom stereocenters. The molecule has 1 heterocycles. The summed E-state index contributed by atoms with van der Waals surface area (Å²) in [4.78, 5) is 2.52. The molecule has 0 aliphatic heterocycles. The fourth-order valence-electron chi connectivity index (χ4n) is 1.65. The molecule has 16 heavy (non-hydrogen) atoms. The summed E-state index contributed by atoms with van der Waals surface area (Å²) in [6, 6.07) is 10.8. The Labute approximate surface area is 108 Å². The molecule has 0 fully saturated rings. The molecule has 0 bridgehead atoms. The van der Waals surface area contributed by atoms with E-state index >= 15 is 0 Å². The lowest BCUT2D eigenvalue weighted by Gasteiger charge is -2.04. The number of halogens is 1. The van der Waals surface area contributed by atoms with Gasteiger partial charge >= 0.3 is 0 Å². The van der Waals surface area contributed by atoms with Gasteiger partial charge in [0.25, 0.3) is 0 Å². The largest absolute Gasteiger partial charge is 0.324 e. The molecule has 1 aromatic carbocycles. The highest BCUT2D eigenvalue weighted by molar-refractivity contribution is 9.10. The highest BCUT2D eigenvalue weighted by Gasteiger charge is 2.08. The summed E-state index contributed by atoms with van der Waals surface area (Å²) in [5.74, 6) is 0. The van der Waals surface area contributed by atoms with E-state index in [2.05, 4.69) is 53.2 Å². The summed E-state index contributed by atoms with van der Waals surface area (Å²) >= 11 is 5.25. The molecule has 2 rings (SSSR count). The van der Waals surface area contributed by atoms with Crippen LogP contribution in [-0.2, 0) is 0 Å². The monoisotopic (exact) mass is 295 g/mol. The molecule has 2 N–H and O–H groups in total. The highest BCUT2D eigenvalue weighted by Crippen LogP contribution is 2.33. The van der Waals surface area contributed by atoms with Crippen molar-refractivity contribution >= 4 is 27.3 Å². The van der Waals surface area contributed by atoms with Crippen molar-refractivity contribution in [2.75, 3.05) is 0 Å². The van der Waals surface area contributed by atoms with Crippen LogP contribution in [0, 0.1) is 6.92 Å². The number of nitrogens with two attached hydrogens (primary N) is 1. The standard InChI is InChI=1S/C13H14BrNS/c1-8-7-10(14)3-4-11(8)13-6-5-12(16-13)9(2)15/h3-7,9H,15H2,1-2H3. The SMILES string of the molecule is Cc1cc(Br)ccc1-c1ccc(C(C)N)s1. The van der Waals surface area contributed by atoms with Crippen molar-refractivity contribution in [3.05, 3.63) is 45.2 Å². The summed E-state index contributed by atoms with van der Waals surface area (Å²) in [6.45, 7) is 4.15. The minimum Gasteiger partial charge on any atom is -0.324 e. The minimum absolute atomic E-state index is 0.120. The molecule has 2 aromatic rings. The molecule has 0 aliphatic rings. The van der Waals surface area contributed by atoms with Crippen LogP contribution in [0.25, 0.3) is 10.4 Å². The maximum absolute atomic E-state index is 5.87. The average Bonchev–Trinajstić information content (AvgIpc) is 2.66. The highest BCUT2D eigenvalue weighted by atomic mass is 79.9. The van der Waals surface area contributed by atoms with Crippen LogP contribution in [0.5, 0.6) is 0 Å². The summed E-state index contributed by atoms with van der Waals surface area (Å²) in [7, 11) is 0. The van der Waals surface area contributed by atoms with Crippen LogP contribution in [-0.4, -0.2) is 0 Å². The van der Waals surface area contributed by atoms with Gasteiger partial charge in [-0.3, -0.25) is 0 Å². The smallest absolute Gasteiger partial charge is 0.0361 e. The first-order valence-electron chi connectivity index (χ1n) is 5.20. The number of aryl methyl sites for hydroxylation is 1. The fourth-order valence-corrected chi connectivity index (χ4v) is 3.17. The number of hydrogen-bond acceptors (Lipinski definition) is 2. The van der Waals surface area contributed by atoms with E-state index in [-0.39, 0.29) is 6.04 Å². The van der Waals surface area contributed by atoms with Gasteiger partial charge in [0.2, 0.25) is 0 Å². The lowest BCUT2D eigenvalue weighted by atomic mass is 10.1. The van der Waals surface area contributed by atoms with E-state index in [1.54, 1.807) is 11.3 Å². The van der Waals surface area contributed by atoms with Crippen molar-refractivity contribution in [3.63, 3.8) is 0 Å². The Balaban J connectivity index is 2.42. The summed E-state index contributed by atoms with van der Waals surface area (Å²) in [5, 5.41) is 0. The second kappa shape index (κ2) is 4.70. The molecule has 0 radical (unpaired) electrons. The molecule has 1 aromatic heterocycles. The second-order valence-corrected chi connectivity index (χ2v) is 5.98. The molecule has 0 saturated heterocycles. The topological polar surface area (TPSA) is 26.0 Å². The maximum atomic E-state index is 5.87. The van der Waals surface area contributed by atoms with Gasteiger partial charge in [-0.1, -0.05) is 22.0 Å². The zero-order chi connectivity index (χ0) is 11.7. The molecule has 0 aliphatic carbocycles. The van der Waals surface area contributed by atoms with Crippen LogP contribution in [0.15, 0.2) is 34.8 Å². The van der Waals surface area contributed by atoms with Gasteiger partial charge in [0.1, 0.15) is 0 Å². The molecule has 0 spiro atoms. The van der Waals surface area contributed by atoms with E-state index in [1.165, 1.54) is 20.9 Å². The van der Waals surface area contributed by atoms with Crippen molar-refractivity contribution < 1.29 is 0 Å². The summed E-state index contributed by atoms with van der Waals surface area (Å²) in [6.07, 6.45) is 0. The number of thiophene rings is 1. The van der Waals surface area contributed by atoms with Crippen LogP contribution in [0.3, 0.4) is 0 Å². The predicted octanol–water partition coefficient (Wildman–Crippen LogP) is 4.51. The van der Waals surface area contributed by atoms with Crippen LogP contribution >= 0.6 is 27.3 Å². The Hall–Kier alpha value is -0.640. The Morgan fingerprint density at radius 2 is 2.00 bits per heavy atom. The van der Waals surface area contributed by atoms with Crippen molar-refractivity contribution in [1.82, 2.24) is 0 Å². The van der Waals surface area contributed by atoms with Gasteiger partial charge in [-0.25, -0.2) is 0 Å². The lowest BCUT2D eigenvalue weighted by molar-refractivity contribution is 0.838. The van der Waals surface area contributed by atoms with Crippen LogP contribution in [0.2, 0.25) is 0 Å². The average molecular weight is 296 g/mol. The van der Waals surface area contributed by atoms with Gasteiger partial charge in [-0.05, 0) is 49.2 Å². The number of hydrogen-bond donors (Lipinski definition) is 1. The van der Waals surface area contributed by atoms with E-state index in [1.807, 2.05) is 6.92 Å². The molecule has 1 nitrogen and oxygen atoms in total. The van der Waals surface area contributed by atoms with E-state index in [0.717, 1.165) is 4.47 Å². The van der Waals surface area contributed by atoms with Gasteiger partial charge in [-0.2, -0.15) is 0 Å². The van der Waals surface area contributed by atoms with Crippen LogP contribution in [0.4, 0.5) is 0 Å². The van der Waals surface area contributed by atoms with Gasteiger partial charge in [0.15, 0.2) is 0 Å². The first-order valence-corrected chi connectivity index (χ1v) is 6.80. The van der Waals surface area contributed by atoms with Crippen molar-refractivity contribution in [2.45, 2.75) is 19.9 Å². The van der Waals surface area contributed by atoms with Crippen molar-refractivity contribution in [2.24, 2.45) is 5.73 Å². The van der Waals surface area contributed by atoms with Crippen LogP contribution < -0.4 is 5.73 Å². The molecular weight excluding hydrogens is 282 g/mol. The van der Waals surface area contributed by atoms with Crippen molar-refractivity contribution in [1.29, 1.82) is 0 Å². The molecule has 84 valence electrons. The minimum atomic E-state index is 0.120. The number of benzene rings is 1. The van der Waals surface area contributed by atoms with E-state index in [4.69, 9.17) is 5.73 Å². The summed E-state index contributed by atoms with van der Waals surface area (Å²) < 4.78 is 1.12. The quantitative estimate of drug-likeness (QED) is 0.867. The molecule has 0 amide bonds. The predicted molar refractivity (Wildman–Crippen MR) is 74.8 cm³/mol. The van der Waals surface area contributed by atoms with E-state index < -0.39 is 0 Å². The van der Waals surface area contributed by atoms with E-state index in [0.29, 0.717) is 0 Å². The van der Waals surface area contributed by atoms with E-state index in [9.17, 15) is 0 Å². The third-order valence-corrected chi connectivity index (χ3v) is 4.34. The van der Waals surface area contributed by atoms with Crippen molar-refractivity contribution in [3.8, 4) is 10.4 Å². The molecule has 0 saturated carbocycles. The maximum Gasteiger partial charge on any atom is 0.0361 e. The third kappa shape index (κ3) is 2.37. The van der Waals surface area contributed by atoms with Gasteiger partial charge in [0, 0.05) is 20.3 Å². The second-order valence-electron chi connectivity index (χ2n) is 3.95. The van der Waals surface area contributed by atoms with Gasteiger partial charge in [0.05, 0.1) is 0 Å². The van der Waals surface area contributed by atoms with Crippen LogP contribution in [0.1, 0.15) is 23.4 Å². The Morgan fingerprint density at radius 3 is 2.56 bits per heavy atom. The zero-order valence-corrected chi connectivity index (χ0v) is 11.7. The summed E-state index contributed by atoms with van der Waals surface area (Å²) in [5.41, 5.74) is 8.45. The first kappa shape index (κ1) is 11.8. The zero-order valence-electron chi connectivity index (χ0n) is 9.33. The Kier molecular flexibility index (Phi) is 3.47. The number of rotatable bonds is 2. The third-order valence-electron chi connectivity index (χ3n) is 2.53. The molecule has 1 unspecified atom stereocenters. The van der Waals surface area contributed by atoms with Gasteiger partial charge in [-0.15, -0.1) is 11.3 Å². The fraction of sp³-hybridized carbons (Fsp3) is 0.231. The Morgan fingerprint density at radius 1 is 1.25 bits per heavy atom. The van der Waals surface area contributed by atoms with Gasteiger partial charge < -0.3 is 5.73 Å². The molecule has 3 heteroatoms. The normalized spacial score (nSPS) is 12.8. The Bertz CT molecular complexity index is 502.